The Morgan fingerprint density at radius 1 is 1.17 bits per heavy atom. The monoisotopic (exact) mass is 241 g/mol. The van der Waals surface area contributed by atoms with Crippen LogP contribution < -0.4 is 5.32 Å². The van der Waals surface area contributed by atoms with Gasteiger partial charge in [0.05, 0.1) is 0 Å². The van der Waals surface area contributed by atoms with Gasteiger partial charge < -0.3 is 5.32 Å². The Kier molecular flexibility index (Phi) is 2.51. The Hall–Kier alpha value is -0.820. The fourth-order valence-corrected chi connectivity index (χ4v) is 4.00. The van der Waals surface area contributed by atoms with Gasteiger partial charge in [0, 0.05) is 6.04 Å². The van der Waals surface area contributed by atoms with E-state index in [0.717, 1.165) is 12.0 Å². The number of hydrogen-bond donors (Lipinski definition) is 1. The minimum atomic E-state index is 0.564. The molecule has 0 amide bonds. The van der Waals surface area contributed by atoms with Gasteiger partial charge >= 0.3 is 0 Å². The Bertz CT molecular complexity index is 449. The molecular formula is C17H23N. The summed E-state index contributed by atoms with van der Waals surface area (Å²) in [6, 6.07) is 10.1. The maximum Gasteiger partial charge on any atom is 0.00683 e. The van der Waals surface area contributed by atoms with E-state index in [1.807, 2.05) is 0 Å². The topological polar surface area (TPSA) is 12.0 Å². The van der Waals surface area contributed by atoms with Crippen molar-refractivity contribution in [3.8, 4) is 0 Å². The lowest BCUT2D eigenvalue weighted by atomic mass is 9.87. The number of hydrogen-bond acceptors (Lipinski definition) is 1. The Morgan fingerprint density at radius 2 is 2.06 bits per heavy atom. The van der Waals surface area contributed by atoms with Crippen molar-refractivity contribution in [3.05, 3.63) is 35.4 Å². The quantitative estimate of drug-likeness (QED) is 0.855. The summed E-state index contributed by atoms with van der Waals surface area (Å²) < 4.78 is 0. The average Bonchev–Trinajstić information content (AvgIpc) is 3.27. The summed E-state index contributed by atoms with van der Waals surface area (Å²) in [7, 11) is 0. The number of rotatable bonds is 3. The van der Waals surface area contributed by atoms with Crippen molar-refractivity contribution >= 4 is 0 Å². The van der Waals surface area contributed by atoms with Gasteiger partial charge in [0.1, 0.15) is 0 Å². The predicted octanol–water partition coefficient (Wildman–Crippen LogP) is 3.42. The molecule has 2 saturated carbocycles. The first kappa shape index (κ1) is 11.0. The third-order valence-corrected chi connectivity index (χ3v) is 5.34. The summed E-state index contributed by atoms with van der Waals surface area (Å²) in [5.74, 6) is 0.914. The van der Waals surface area contributed by atoms with E-state index in [0.29, 0.717) is 5.41 Å². The second-order valence-electron chi connectivity index (χ2n) is 6.60. The largest absolute Gasteiger partial charge is 0.314 e. The van der Waals surface area contributed by atoms with Gasteiger partial charge in [-0.25, -0.2) is 0 Å². The second kappa shape index (κ2) is 4.09. The zero-order chi connectivity index (χ0) is 12.0. The molecule has 0 aromatic heterocycles. The number of nitrogens with one attached hydrogen (secondary N) is 1. The standard InChI is InChI=1S/C17H23N/c1-2-7-16-13(5-1)6-3-4-10-17(16)11-14(17)12-18-15-8-9-15/h1-2,5,7,14-15,18H,3-4,6,8-12H2. The molecule has 0 saturated heterocycles. The molecule has 1 aromatic carbocycles. The van der Waals surface area contributed by atoms with E-state index in [2.05, 4.69) is 29.6 Å². The van der Waals surface area contributed by atoms with Crippen LogP contribution in [0.15, 0.2) is 24.3 Å². The molecule has 2 fully saturated rings. The highest BCUT2D eigenvalue weighted by atomic mass is 15.0. The summed E-state index contributed by atoms with van der Waals surface area (Å²) in [6.07, 6.45) is 9.81. The van der Waals surface area contributed by atoms with Crippen LogP contribution in [0.2, 0.25) is 0 Å². The fraction of sp³-hybridized carbons (Fsp3) is 0.647. The van der Waals surface area contributed by atoms with E-state index in [4.69, 9.17) is 0 Å². The molecule has 0 bridgehead atoms. The maximum atomic E-state index is 3.74. The van der Waals surface area contributed by atoms with Crippen molar-refractivity contribution in [3.63, 3.8) is 0 Å². The first-order chi connectivity index (χ1) is 8.88. The molecule has 3 aliphatic rings. The zero-order valence-electron chi connectivity index (χ0n) is 11.1. The van der Waals surface area contributed by atoms with Gasteiger partial charge in [0.25, 0.3) is 0 Å². The summed E-state index contributed by atoms with van der Waals surface area (Å²) in [5, 5.41) is 3.74. The van der Waals surface area contributed by atoms with E-state index in [1.54, 1.807) is 11.1 Å². The van der Waals surface area contributed by atoms with E-state index in [1.165, 1.54) is 51.5 Å². The Morgan fingerprint density at radius 3 is 2.94 bits per heavy atom. The van der Waals surface area contributed by atoms with Crippen molar-refractivity contribution in [1.82, 2.24) is 5.32 Å². The predicted molar refractivity (Wildman–Crippen MR) is 74.8 cm³/mol. The molecule has 96 valence electrons. The molecule has 1 aromatic rings. The highest BCUT2D eigenvalue weighted by Gasteiger charge is 2.55. The van der Waals surface area contributed by atoms with Crippen LogP contribution in [0.3, 0.4) is 0 Å². The summed E-state index contributed by atoms with van der Waals surface area (Å²) >= 11 is 0. The van der Waals surface area contributed by atoms with Gasteiger partial charge in [0.2, 0.25) is 0 Å². The van der Waals surface area contributed by atoms with Crippen LogP contribution >= 0.6 is 0 Å². The van der Waals surface area contributed by atoms with Gasteiger partial charge in [-0.3, -0.25) is 0 Å². The van der Waals surface area contributed by atoms with E-state index >= 15 is 0 Å². The molecule has 1 nitrogen and oxygen atoms in total. The molecule has 0 radical (unpaired) electrons. The number of aryl methyl sites for hydroxylation is 1. The second-order valence-corrected chi connectivity index (χ2v) is 6.60. The van der Waals surface area contributed by atoms with Crippen LogP contribution in [0.5, 0.6) is 0 Å². The van der Waals surface area contributed by atoms with E-state index in [9.17, 15) is 0 Å². The summed E-state index contributed by atoms with van der Waals surface area (Å²) in [4.78, 5) is 0. The van der Waals surface area contributed by atoms with Crippen molar-refractivity contribution in [2.45, 2.75) is 56.4 Å². The van der Waals surface area contributed by atoms with Gasteiger partial charge in [-0.2, -0.15) is 0 Å². The summed E-state index contributed by atoms with van der Waals surface area (Å²) in [6.45, 7) is 1.26. The smallest absolute Gasteiger partial charge is 0.00683 e. The molecule has 3 aliphatic carbocycles. The molecule has 0 heterocycles. The molecule has 0 aliphatic heterocycles. The van der Waals surface area contributed by atoms with Gasteiger partial charge in [-0.05, 0) is 67.5 Å². The lowest BCUT2D eigenvalue weighted by Gasteiger charge is -2.18. The molecule has 18 heavy (non-hydrogen) atoms. The number of fused-ring (bicyclic) bond motifs is 2. The minimum Gasteiger partial charge on any atom is -0.314 e. The highest BCUT2D eigenvalue weighted by Crippen LogP contribution is 2.59. The highest BCUT2D eigenvalue weighted by molar-refractivity contribution is 5.41. The lowest BCUT2D eigenvalue weighted by Crippen LogP contribution is -2.23. The van der Waals surface area contributed by atoms with Gasteiger partial charge in [-0.15, -0.1) is 0 Å². The van der Waals surface area contributed by atoms with Crippen LogP contribution in [0.25, 0.3) is 0 Å². The van der Waals surface area contributed by atoms with Gasteiger partial charge in [-0.1, -0.05) is 30.7 Å². The van der Waals surface area contributed by atoms with Crippen LogP contribution in [0.1, 0.15) is 49.7 Å². The summed E-state index contributed by atoms with van der Waals surface area (Å²) in [5.41, 5.74) is 3.91. The SMILES string of the molecule is c1ccc2c(c1)CCCCC21CC1CNC1CC1. The molecule has 1 heteroatoms. The van der Waals surface area contributed by atoms with E-state index in [-0.39, 0.29) is 0 Å². The normalized spacial score (nSPS) is 34.1. The first-order valence-corrected chi connectivity index (χ1v) is 7.70. The number of benzene rings is 1. The molecule has 1 N–H and O–H groups in total. The molecule has 2 atom stereocenters. The van der Waals surface area contributed by atoms with Crippen molar-refractivity contribution in [2.75, 3.05) is 6.54 Å². The third kappa shape index (κ3) is 1.80. The Labute approximate surface area is 110 Å². The average molecular weight is 241 g/mol. The zero-order valence-corrected chi connectivity index (χ0v) is 11.1. The van der Waals surface area contributed by atoms with Crippen LogP contribution in [0, 0.1) is 5.92 Å². The molecule has 1 spiro atoms. The van der Waals surface area contributed by atoms with Crippen LogP contribution in [0.4, 0.5) is 0 Å². The fourth-order valence-electron chi connectivity index (χ4n) is 4.00. The van der Waals surface area contributed by atoms with Crippen LogP contribution in [-0.2, 0) is 11.8 Å². The first-order valence-electron chi connectivity index (χ1n) is 7.70. The van der Waals surface area contributed by atoms with Crippen LogP contribution in [-0.4, -0.2) is 12.6 Å². The Balaban J connectivity index is 1.57. The lowest BCUT2D eigenvalue weighted by molar-refractivity contribution is 0.509. The van der Waals surface area contributed by atoms with Gasteiger partial charge in [0.15, 0.2) is 0 Å². The molecule has 4 rings (SSSR count). The van der Waals surface area contributed by atoms with Crippen molar-refractivity contribution in [2.24, 2.45) is 5.92 Å². The molecule has 2 unspecified atom stereocenters. The molecular weight excluding hydrogens is 218 g/mol. The van der Waals surface area contributed by atoms with Crippen molar-refractivity contribution in [1.29, 1.82) is 0 Å². The van der Waals surface area contributed by atoms with Crippen molar-refractivity contribution < 1.29 is 0 Å². The minimum absolute atomic E-state index is 0.564. The third-order valence-electron chi connectivity index (χ3n) is 5.34. The maximum absolute atomic E-state index is 3.74. The van der Waals surface area contributed by atoms with E-state index < -0.39 is 0 Å².